The minimum absolute atomic E-state index is 0.220. The monoisotopic (exact) mass is 241 g/mol. The van der Waals surface area contributed by atoms with Gasteiger partial charge in [-0.2, -0.15) is 0 Å². The molecule has 0 aliphatic rings. The van der Waals surface area contributed by atoms with Gasteiger partial charge in [-0.3, -0.25) is 9.78 Å². The largest absolute Gasteiger partial charge is 0.326 e. The summed E-state index contributed by atoms with van der Waals surface area (Å²) in [5.74, 6) is -0.220. The molecule has 0 bridgehead atoms. The third kappa shape index (κ3) is 2.93. The number of nitrogens with zero attached hydrogens (tertiary/aromatic N) is 1. The van der Waals surface area contributed by atoms with Crippen LogP contribution in [0.2, 0.25) is 0 Å². The molecule has 3 N–H and O–H groups in total. The number of benzene rings is 1. The Morgan fingerprint density at radius 1 is 1.22 bits per heavy atom. The van der Waals surface area contributed by atoms with Crippen molar-refractivity contribution in [1.82, 2.24) is 4.98 Å². The highest BCUT2D eigenvalue weighted by atomic mass is 16.1. The maximum absolute atomic E-state index is 11.9. The molecule has 18 heavy (non-hydrogen) atoms. The molecule has 1 amide bonds. The molecule has 0 saturated heterocycles. The lowest BCUT2D eigenvalue weighted by atomic mass is 10.2. The molecule has 0 aliphatic heterocycles. The van der Waals surface area contributed by atoms with Crippen molar-refractivity contribution in [3.8, 4) is 0 Å². The van der Waals surface area contributed by atoms with E-state index in [1.165, 1.54) is 0 Å². The summed E-state index contributed by atoms with van der Waals surface area (Å²) >= 11 is 0. The number of amides is 1. The molecule has 0 saturated carbocycles. The Kier molecular flexibility index (Phi) is 3.69. The molecule has 92 valence electrons. The number of hydrogen-bond acceptors (Lipinski definition) is 3. The second-order valence-electron chi connectivity index (χ2n) is 4.08. The van der Waals surface area contributed by atoms with Crippen molar-refractivity contribution in [1.29, 1.82) is 0 Å². The Morgan fingerprint density at radius 3 is 2.50 bits per heavy atom. The number of carbonyl (C=O) groups excluding carboxylic acids is 1. The van der Waals surface area contributed by atoms with Crippen LogP contribution in [0.4, 0.5) is 5.69 Å². The highest BCUT2D eigenvalue weighted by molar-refractivity contribution is 6.02. The molecule has 1 aromatic heterocycles. The van der Waals surface area contributed by atoms with Gasteiger partial charge in [-0.1, -0.05) is 23.8 Å². The van der Waals surface area contributed by atoms with Gasteiger partial charge >= 0.3 is 0 Å². The number of aromatic nitrogens is 1. The first kappa shape index (κ1) is 12.3. The first-order valence-corrected chi connectivity index (χ1v) is 5.72. The topological polar surface area (TPSA) is 68.0 Å². The second kappa shape index (κ2) is 5.42. The smallest absolute Gasteiger partial charge is 0.274 e. The zero-order valence-electron chi connectivity index (χ0n) is 10.2. The van der Waals surface area contributed by atoms with Gasteiger partial charge in [0.25, 0.3) is 5.91 Å². The minimum Gasteiger partial charge on any atom is -0.326 e. The number of carbonyl (C=O) groups is 1. The molecule has 0 aliphatic carbocycles. The Balaban J connectivity index is 2.09. The number of pyridine rings is 1. The fraction of sp³-hybridized carbons (Fsp3) is 0.143. The van der Waals surface area contributed by atoms with Crippen LogP contribution < -0.4 is 11.1 Å². The molecule has 4 nitrogen and oxygen atoms in total. The Morgan fingerprint density at radius 2 is 1.94 bits per heavy atom. The van der Waals surface area contributed by atoms with Gasteiger partial charge in [-0.05, 0) is 30.7 Å². The fourth-order valence-electron chi connectivity index (χ4n) is 1.51. The van der Waals surface area contributed by atoms with E-state index in [9.17, 15) is 4.79 Å². The average molecular weight is 241 g/mol. The summed E-state index contributed by atoms with van der Waals surface area (Å²) in [6.45, 7) is 2.42. The van der Waals surface area contributed by atoms with E-state index in [-0.39, 0.29) is 5.91 Å². The molecular weight excluding hydrogens is 226 g/mol. The van der Waals surface area contributed by atoms with Crippen molar-refractivity contribution in [3.05, 3.63) is 59.4 Å². The van der Waals surface area contributed by atoms with Crippen molar-refractivity contribution in [2.75, 3.05) is 5.32 Å². The maximum atomic E-state index is 11.9. The lowest BCUT2D eigenvalue weighted by Crippen LogP contribution is -2.13. The molecular formula is C14H15N3O. The standard InChI is InChI=1S/C14H15N3O/c1-10-2-5-12(6-3-10)17-14(18)13-7-4-11(8-15)9-16-13/h2-7,9H,8,15H2,1H3,(H,17,18). The van der Waals surface area contributed by atoms with Crippen LogP contribution in [-0.4, -0.2) is 10.9 Å². The van der Waals surface area contributed by atoms with E-state index >= 15 is 0 Å². The van der Waals surface area contributed by atoms with Crippen LogP contribution in [0.1, 0.15) is 21.6 Å². The van der Waals surface area contributed by atoms with Crippen molar-refractivity contribution in [2.24, 2.45) is 5.73 Å². The number of hydrogen-bond donors (Lipinski definition) is 2. The van der Waals surface area contributed by atoms with Crippen LogP contribution in [0.15, 0.2) is 42.6 Å². The van der Waals surface area contributed by atoms with E-state index in [4.69, 9.17) is 5.73 Å². The fourth-order valence-corrected chi connectivity index (χ4v) is 1.51. The van der Waals surface area contributed by atoms with E-state index in [1.54, 1.807) is 18.3 Å². The summed E-state index contributed by atoms with van der Waals surface area (Å²) in [5.41, 5.74) is 8.67. The summed E-state index contributed by atoms with van der Waals surface area (Å²) in [4.78, 5) is 16.0. The number of nitrogens with one attached hydrogen (secondary N) is 1. The Labute approximate surface area is 106 Å². The predicted octanol–water partition coefficient (Wildman–Crippen LogP) is 2.10. The van der Waals surface area contributed by atoms with Crippen LogP contribution in [0, 0.1) is 6.92 Å². The third-order valence-corrected chi connectivity index (χ3v) is 2.60. The predicted molar refractivity (Wildman–Crippen MR) is 71.3 cm³/mol. The molecule has 0 fully saturated rings. The van der Waals surface area contributed by atoms with Gasteiger partial charge in [0.2, 0.25) is 0 Å². The van der Waals surface area contributed by atoms with E-state index in [0.29, 0.717) is 12.2 Å². The molecule has 0 unspecified atom stereocenters. The number of aryl methyl sites for hydroxylation is 1. The van der Waals surface area contributed by atoms with Crippen LogP contribution >= 0.6 is 0 Å². The van der Waals surface area contributed by atoms with E-state index in [1.807, 2.05) is 31.2 Å². The van der Waals surface area contributed by atoms with E-state index in [2.05, 4.69) is 10.3 Å². The molecule has 0 radical (unpaired) electrons. The SMILES string of the molecule is Cc1ccc(NC(=O)c2ccc(CN)cn2)cc1. The van der Waals surface area contributed by atoms with Gasteiger partial charge in [-0.25, -0.2) is 0 Å². The van der Waals surface area contributed by atoms with E-state index < -0.39 is 0 Å². The zero-order chi connectivity index (χ0) is 13.0. The molecule has 0 atom stereocenters. The zero-order valence-corrected chi connectivity index (χ0v) is 10.2. The van der Waals surface area contributed by atoms with Gasteiger partial charge in [0.15, 0.2) is 0 Å². The Bertz CT molecular complexity index is 532. The lowest BCUT2D eigenvalue weighted by molar-refractivity contribution is 0.102. The van der Waals surface area contributed by atoms with Crippen LogP contribution in [0.3, 0.4) is 0 Å². The summed E-state index contributed by atoms with van der Waals surface area (Å²) in [6, 6.07) is 11.1. The minimum atomic E-state index is -0.220. The first-order valence-electron chi connectivity index (χ1n) is 5.72. The second-order valence-corrected chi connectivity index (χ2v) is 4.08. The van der Waals surface area contributed by atoms with Gasteiger partial charge in [0.1, 0.15) is 5.69 Å². The maximum Gasteiger partial charge on any atom is 0.274 e. The van der Waals surface area contributed by atoms with Crippen molar-refractivity contribution in [3.63, 3.8) is 0 Å². The highest BCUT2D eigenvalue weighted by Gasteiger charge is 2.07. The molecule has 1 heterocycles. The summed E-state index contributed by atoms with van der Waals surface area (Å²) in [6.07, 6.45) is 1.62. The van der Waals surface area contributed by atoms with Crippen LogP contribution in [-0.2, 0) is 6.54 Å². The average Bonchev–Trinajstić information content (AvgIpc) is 2.41. The normalized spacial score (nSPS) is 10.1. The Hall–Kier alpha value is -2.20. The van der Waals surface area contributed by atoms with Gasteiger partial charge in [-0.15, -0.1) is 0 Å². The first-order chi connectivity index (χ1) is 8.69. The van der Waals surface area contributed by atoms with Crippen molar-refractivity contribution >= 4 is 11.6 Å². The highest BCUT2D eigenvalue weighted by Crippen LogP contribution is 2.10. The van der Waals surface area contributed by atoms with Crippen molar-refractivity contribution < 1.29 is 4.79 Å². The number of rotatable bonds is 3. The van der Waals surface area contributed by atoms with Crippen LogP contribution in [0.5, 0.6) is 0 Å². The van der Waals surface area contributed by atoms with Crippen molar-refractivity contribution in [2.45, 2.75) is 13.5 Å². The quantitative estimate of drug-likeness (QED) is 0.864. The summed E-state index contributed by atoms with van der Waals surface area (Å²) in [7, 11) is 0. The number of anilines is 1. The number of nitrogens with two attached hydrogens (primary N) is 1. The van der Waals surface area contributed by atoms with Gasteiger partial charge in [0.05, 0.1) is 0 Å². The summed E-state index contributed by atoms with van der Waals surface area (Å²) < 4.78 is 0. The van der Waals surface area contributed by atoms with E-state index in [0.717, 1.165) is 16.8 Å². The molecule has 2 rings (SSSR count). The molecule has 0 spiro atoms. The lowest BCUT2D eigenvalue weighted by Gasteiger charge is -2.05. The van der Waals surface area contributed by atoms with Crippen LogP contribution in [0.25, 0.3) is 0 Å². The van der Waals surface area contributed by atoms with Gasteiger partial charge in [0, 0.05) is 18.4 Å². The van der Waals surface area contributed by atoms with Gasteiger partial charge < -0.3 is 11.1 Å². The third-order valence-electron chi connectivity index (χ3n) is 2.60. The summed E-state index contributed by atoms with van der Waals surface area (Å²) in [5, 5.41) is 2.79. The molecule has 4 heteroatoms. The molecule has 2 aromatic rings. The molecule has 1 aromatic carbocycles.